The predicted octanol–water partition coefficient (Wildman–Crippen LogP) is 0.263. The molecule has 26 heavy (non-hydrogen) atoms. The van der Waals surface area contributed by atoms with E-state index in [-0.39, 0.29) is 36.1 Å². The number of hydrogen-bond donors (Lipinski definition) is 1. The summed E-state index contributed by atoms with van der Waals surface area (Å²) >= 11 is 0. The summed E-state index contributed by atoms with van der Waals surface area (Å²) in [6.45, 7) is 3.09. The van der Waals surface area contributed by atoms with Crippen LogP contribution in [0.25, 0.3) is 0 Å². The highest BCUT2D eigenvalue weighted by Gasteiger charge is 2.44. The number of benzene rings is 1. The van der Waals surface area contributed by atoms with Crippen LogP contribution in [-0.4, -0.2) is 75.6 Å². The van der Waals surface area contributed by atoms with E-state index in [4.69, 9.17) is 4.74 Å². The van der Waals surface area contributed by atoms with E-state index in [2.05, 4.69) is 10.2 Å². The summed E-state index contributed by atoms with van der Waals surface area (Å²) in [5.74, 6) is 0.726. The molecule has 3 fully saturated rings. The molecule has 8 heteroatoms. The molecule has 1 N–H and O–H groups in total. The molecule has 0 bridgehead atoms. The van der Waals surface area contributed by atoms with Gasteiger partial charge in [0.25, 0.3) is 5.91 Å². The second kappa shape index (κ2) is 7.08. The number of para-hydroxylation sites is 2. The molecule has 0 aliphatic carbocycles. The van der Waals surface area contributed by atoms with Gasteiger partial charge in [-0.15, -0.1) is 0 Å². The highest BCUT2D eigenvalue weighted by Crippen LogP contribution is 2.31. The smallest absolute Gasteiger partial charge is 0.260 e. The number of sulfone groups is 1. The maximum absolute atomic E-state index is 12.7. The van der Waals surface area contributed by atoms with Gasteiger partial charge in [0.2, 0.25) is 0 Å². The zero-order valence-electron chi connectivity index (χ0n) is 14.8. The quantitative estimate of drug-likeness (QED) is 0.809. The number of rotatable bonds is 4. The molecule has 1 aromatic rings. The van der Waals surface area contributed by atoms with Gasteiger partial charge in [-0.25, -0.2) is 8.42 Å². The van der Waals surface area contributed by atoms with Gasteiger partial charge in [-0.05, 0) is 25.0 Å². The van der Waals surface area contributed by atoms with Crippen molar-refractivity contribution in [2.24, 2.45) is 0 Å². The van der Waals surface area contributed by atoms with Crippen LogP contribution in [0.3, 0.4) is 0 Å². The lowest BCUT2D eigenvalue weighted by atomic mass is 10.1. The SMILES string of the molecule is O=C(COc1ccccc1N1CCCC1)N1CCN[C@@H]2CS(=O)(=O)C[C@@H]21. The van der Waals surface area contributed by atoms with Crippen LogP contribution < -0.4 is 15.0 Å². The number of fused-ring (bicyclic) bond motifs is 1. The zero-order valence-corrected chi connectivity index (χ0v) is 15.6. The lowest BCUT2D eigenvalue weighted by Gasteiger charge is -2.37. The molecule has 0 saturated carbocycles. The number of nitrogens with zero attached hydrogens (tertiary/aromatic N) is 2. The average molecular weight is 379 g/mol. The van der Waals surface area contributed by atoms with Crippen LogP contribution in [0.1, 0.15) is 12.8 Å². The third-order valence-electron chi connectivity index (χ3n) is 5.47. The Morgan fingerprint density at radius 2 is 1.92 bits per heavy atom. The topological polar surface area (TPSA) is 79.0 Å². The highest BCUT2D eigenvalue weighted by molar-refractivity contribution is 7.91. The number of carbonyl (C=O) groups is 1. The van der Waals surface area contributed by atoms with Crippen molar-refractivity contribution in [3.05, 3.63) is 24.3 Å². The van der Waals surface area contributed by atoms with E-state index in [0.29, 0.717) is 18.8 Å². The van der Waals surface area contributed by atoms with Gasteiger partial charge in [0.05, 0.1) is 23.2 Å². The summed E-state index contributed by atoms with van der Waals surface area (Å²) in [4.78, 5) is 16.7. The minimum atomic E-state index is -3.08. The van der Waals surface area contributed by atoms with Gasteiger partial charge >= 0.3 is 0 Å². The largest absolute Gasteiger partial charge is 0.482 e. The lowest BCUT2D eigenvalue weighted by molar-refractivity contribution is -0.136. The summed E-state index contributed by atoms with van der Waals surface area (Å²) in [5, 5.41) is 3.22. The van der Waals surface area contributed by atoms with Gasteiger partial charge in [-0.2, -0.15) is 0 Å². The first-order valence-corrected chi connectivity index (χ1v) is 11.1. The van der Waals surface area contributed by atoms with Gasteiger partial charge in [0.1, 0.15) is 5.75 Å². The molecule has 7 nitrogen and oxygen atoms in total. The van der Waals surface area contributed by atoms with Gasteiger partial charge in [-0.1, -0.05) is 12.1 Å². The standard InChI is InChI=1S/C18H25N3O4S/c22-18(21-10-7-19-14-12-26(23,24)13-16(14)21)11-25-17-6-2-1-5-15(17)20-8-3-4-9-20/h1-2,5-6,14,16,19H,3-4,7-13H2/t14-,16+/m1/s1. The lowest BCUT2D eigenvalue weighted by Crippen LogP contribution is -2.59. The third kappa shape index (κ3) is 3.53. The number of ether oxygens (including phenoxy) is 1. The Morgan fingerprint density at radius 1 is 1.15 bits per heavy atom. The molecular weight excluding hydrogens is 354 g/mol. The Hall–Kier alpha value is -1.80. The normalized spacial score (nSPS) is 27.4. The van der Waals surface area contributed by atoms with Crippen LogP contribution in [0.4, 0.5) is 5.69 Å². The molecule has 0 radical (unpaired) electrons. The van der Waals surface area contributed by atoms with Crippen molar-refractivity contribution in [1.82, 2.24) is 10.2 Å². The Morgan fingerprint density at radius 3 is 2.73 bits per heavy atom. The van der Waals surface area contributed by atoms with Crippen molar-refractivity contribution in [3.8, 4) is 5.75 Å². The molecule has 3 heterocycles. The van der Waals surface area contributed by atoms with Crippen LogP contribution in [-0.2, 0) is 14.6 Å². The highest BCUT2D eigenvalue weighted by atomic mass is 32.2. The molecule has 0 spiro atoms. The molecule has 3 saturated heterocycles. The van der Waals surface area contributed by atoms with Gasteiger partial charge in [-0.3, -0.25) is 4.79 Å². The number of carbonyl (C=O) groups excluding carboxylic acids is 1. The predicted molar refractivity (Wildman–Crippen MR) is 99.3 cm³/mol. The summed E-state index contributed by atoms with van der Waals surface area (Å²) < 4.78 is 29.7. The van der Waals surface area contributed by atoms with E-state index in [1.54, 1.807) is 4.90 Å². The second-order valence-corrected chi connectivity index (χ2v) is 9.40. The summed E-state index contributed by atoms with van der Waals surface area (Å²) in [6.07, 6.45) is 2.34. The number of nitrogens with one attached hydrogen (secondary N) is 1. The van der Waals surface area contributed by atoms with Crippen LogP contribution in [0.5, 0.6) is 5.75 Å². The van der Waals surface area contributed by atoms with E-state index in [0.717, 1.165) is 18.8 Å². The first kappa shape index (κ1) is 17.6. The van der Waals surface area contributed by atoms with Crippen molar-refractivity contribution in [2.45, 2.75) is 24.9 Å². The number of hydrogen-bond acceptors (Lipinski definition) is 6. The molecule has 0 aromatic heterocycles. The Bertz CT molecular complexity index is 776. The third-order valence-corrected chi connectivity index (χ3v) is 7.18. The second-order valence-electron chi connectivity index (χ2n) is 7.24. The van der Waals surface area contributed by atoms with Gasteiger partial charge < -0.3 is 19.9 Å². The van der Waals surface area contributed by atoms with E-state index in [1.807, 2.05) is 24.3 Å². The van der Waals surface area contributed by atoms with Crippen LogP contribution >= 0.6 is 0 Å². The van der Waals surface area contributed by atoms with Crippen LogP contribution in [0.2, 0.25) is 0 Å². The monoisotopic (exact) mass is 379 g/mol. The van der Waals surface area contributed by atoms with Crippen LogP contribution in [0.15, 0.2) is 24.3 Å². The van der Waals surface area contributed by atoms with Crippen molar-refractivity contribution in [2.75, 3.05) is 49.2 Å². The van der Waals surface area contributed by atoms with Crippen molar-refractivity contribution in [3.63, 3.8) is 0 Å². The first-order chi connectivity index (χ1) is 12.5. The zero-order chi connectivity index (χ0) is 18.1. The van der Waals surface area contributed by atoms with Crippen LogP contribution in [0, 0.1) is 0 Å². The van der Waals surface area contributed by atoms with E-state index < -0.39 is 9.84 Å². The maximum atomic E-state index is 12.7. The summed E-state index contributed by atoms with van der Waals surface area (Å²) in [7, 11) is -3.08. The molecule has 2 atom stereocenters. The number of amides is 1. The summed E-state index contributed by atoms with van der Waals surface area (Å²) in [6, 6.07) is 7.36. The number of anilines is 1. The Balaban J connectivity index is 1.43. The summed E-state index contributed by atoms with van der Waals surface area (Å²) in [5.41, 5.74) is 1.03. The van der Waals surface area contributed by atoms with E-state index >= 15 is 0 Å². The van der Waals surface area contributed by atoms with Crippen molar-refractivity contribution >= 4 is 21.4 Å². The van der Waals surface area contributed by atoms with Gasteiger partial charge in [0, 0.05) is 32.2 Å². The molecule has 0 unspecified atom stereocenters. The minimum Gasteiger partial charge on any atom is -0.482 e. The molecule has 1 aromatic carbocycles. The molecule has 1 amide bonds. The molecule has 3 aliphatic rings. The fourth-order valence-corrected chi connectivity index (χ4v) is 6.15. The van der Waals surface area contributed by atoms with Crippen molar-refractivity contribution < 1.29 is 17.9 Å². The first-order valence-electron chi connectivity index (χ1n) is 9.23. The fraction of sp³-hybridized carbons (Fsp3) is 0.611. The fourth-order valence-electron chi connectivity index (χ4n) is 4.20. The molecule has 3 aliphatic heterocycles. The Kier molecular flexibility index (Phi) is 4.79. The Labute approximate surface area is 154 Å². The maximum Gasteiger partial charge on any atom is 0.260 e. The van der Waals surface area contributed by atoms with E-state index in [9.17, 15) is 13.2 Å². The van der Waals surface area contributed by atoms with Gasteiger partial charge in [0.15, 0.2) is 16.4 Å². The minimum absolute atomic E-state index is 0.0424. The molecule has 4 rings (SSSR count). The molecule has 142 valence electrons. The average Bonchev–Trinajstić information content (AvgIpc) is 3.25. The van der Waals surface area contributed by atoms with Crippen molar-refractivity contribution in [1.29, 1.82) is 0 Å². The number of piperazine rings is 1. The van der Waals surface area contributed by atoms with E-state index in [1.165, 1.54) is 12.8 Å². The molecular formula is C18H25N3O4S.